The van der Waals surface area contributed by atoms with Crippen molar-refractivity contribution in [1.82, 2.24) is 10.2 Å². The molecular formula is C18H18Cl2N2O3. The minimum Gasteiger partial charge on any atom is -0.434 e. The van der Waals surface area contributed by atoms with E-state index in [1.807, 2.05) is 19.1 Å². The quantitative estimate of drug-likeness (QED) is 0.497. The molecule has 1 heterocycles. The zero-order valence-electron chi connectivity index (χ0n) is 13.8. The second-order valence-electron chi connectivity index (χ2n) is 5.97. The van der Waals surface area contributed by atoms with Crippen LogP contribution in [0.15, 0.2) is 24.3 Å². The van der Waals surface area contributed by atoms with Gasteiger partial charge in [-0.05, 0) is 43.2 Å². The van der Waals surface area contributed by atoms with Crippen molar-refractivity contribution in [3.63, 3.8) is 0 Å². The van der Waals surface area contributed by atoms with Gasteiger partial charge in [0.15, 0.2) is 10.9 Å². The average Bonchev–Trinajstić information content (AvgIpc) is 3.42. The number of nitrogens with zero attached hydrogens (tertiary/aromatic N) is 2. The van der Waals surface area contributed by atoms with Crippen LogP contribution in [0.4, 0.5) is 0 Å². The van der Waals surface area contributed by atoms with Crippen molar-refractivity contribution >= 4 is 29.2 Å². The van der Waals surface area contributed by atoms with E-state index in [2.05, 4.69) is 16.3 Å². The molecule has 0 spiro atoms. The fourth-order valence-corrected chi connectivity index (χ4v) is 2.77. The summed E-state index contributed by atoms with van der Waals surface area (Å²) in [5.41, 5.74) is 2.12. The lowest BCUT2D eigenvalue weighted by atomic mass is 10.1. The molecule has 1 aromatic heterocycles. The Bertz CT molecular complexity index is 779. The Balaban J connectivity index is 1.87. The van der Waals surface area contributed by atoms with Gasteiger partial charge < -0.3 is 9.47 Å². The van der Waals surface area contributed by atoms with Crippen LogP contribution in [-0.4, -0.2) is 22.0 Å². The number of carbonyl (C=O) groups excluding carboxylic acids is 1. The van der Waals surface area contributed by atoms with E-state index in [0.29, 0.717) is 18.2 Å². The number of carbonyl (C=O) groups is 1. The summed E-state index contributed by atoms with van der Waals surface area (Å²) in [5, 5.41) is 7.89. The van der Waals surface area contributed by atoms with E-state index < -0.39 is 5.97 Å². The lowest BCUT2D eigenvalue weighted by Crippen LogP contribution is -2.10. The largest absolute Gasteiger partial charge is 0.434 e. The van der Waals surface area contributed by atoms with Crippen LogP contribution in [0.1, 0.15) is 42.7 Å². The van der Waals surface area contributed by atoms with Gasteiger partial charge in [-0.15, -0.1) is 21.8 Å². The van der Waals surface area contributed by atoms with Crippen molar-refractivity contribution < 1.29 is 14.3 Å². The fraction of sp³-hybridized carbons (Fsp3) is 0.389. The number of hydrogen-bond donors (Lipinski definition) is 0. The molecule has 0 atom stereocenters. The summed E-state index contributed by atoms with van der Waals surface area (Å²) in [4.78, 5) is 11.9. The van der Waals surface area contributed by atoms with Gasteiger partial charge >= 0.3 is 5.97 Å². The summed E-state index contributed by atoms with van der Waals surface area (Å²) in [5.74, 6) is 1.50. The Labute approximate surface area is 156 Å². The lowest BCUT2D eigenvalue weighted by Gasteiger charge is -2.14. The van der Waals surface area contributed by atoms with E-state index in [1.165, 1.54) is 6.07 Å². The topological polar surface area (TPSA) is 61.3 Å². The maximum Gasteiger partial charge on any atom is 0.311 e. The summed E-state index contributed by atoms with van der Waals surface area (Å²) in [6.07, 6.45) is 3.03. The average molecular weight is 381 g/mol. The van der Waals surface area contributed by atoms with Gasteiger partial charge in [0, 0.05) is 18.4 Å². The SMILES string of the molecule is Cc1cccc(C2CC2)c1Oc1nnc(Cl)cc1OC(=O)CCCCl. The molecule has 0 aliphatic heterocycles. The van der Waals surface area contributed by atoms with Gasteiger partial charge in [0.2, 0.25) is 0 Å². The van der Waals surface area contributed by atoms with Crippen LogP contribution in [0.25, 0.3) is 0 Å². The van der Waals surface area contributed by atoms with E-state index in [9.17, 15) is 4.79 Å². The van der Waals surface area contributed by atoms with E-state index >= 15 is 0 Å². The second kappa shape index (κ2) is 8.02. The number of rotatable bonds is 7. The van der Waals surface area contributed by atoms with Crippen LogP contribution < -0.4 is 9.47 Å². The molecular weight excluding hydrogens is 363 g/mol. The molecule has 25 heavy (non-hydrogen) atoms. The number of alkyl halides is 1. The Kier molecular flexibility index (Phi) is 5.76. The van der Waals surface area contributed by atoms with Crippen molar-refractivity contribution in [2.24, 2.45) is 0 Å². The minimum absolute atomic E-state index is 0.125. The smallest absolute Gasteiger partial charge is 0.311 e. The normalized spacial score (nSPS) is 13.6. The number of benzene rings is 1. The third-order valence-corrected chi connectivity index (χ3v) is 4.35. The van der Waals surface area contributed by atoms with E-state index in [-0.39, 0.29) is 23.2 Å². The molecule has 1 fully saturated rings. The number of ether oxygens (including phenoxy) is 2. The monoisotopic (exact) mass is 380 g/mol. The number of para-hydroxylation sites is 1. The number of aryl methyl sites for hydroxylation is 1. The molecule has 3 rings (SSSR count). The standard InChI is InChI=1S/C18H18Cl2N2O3/c1-11-4-2-5-13(12-7-8-12)17(11)25-18-14(10-15(20)21-22-18)24-16(23)6-3-9-19/h2,4-5,10,12H,3,6-9H2,1H3. The van der Waals surface area contributed by atoms with Crippen molar-refractivity contribution in [2.45, 2.75) is 38.5 Å². The first-order chi connectivity index (χ1) is 12.1. The molecule has 1 aromatic carbocycles. The van der Waals surface area contributed by atoms with Crippen LogP contribution >= 0.6 is 23.2 Å². The Morgan fingerprint density at radius 2 is 2.12 bits per heavy atom. The molecule has 0 radical (unpaired) electrons. The van der Waals surface area contributed by atoms with Crippen molar-refractivity contribution in [3.8, 4) is 17.4 Å². The van der Waals surface area contributed by atoms with Gasteiger partial charge in [0.25, 0.3) is 5.88 Å². The number of hydrogen-bond acceptors (Lipinski definition) is 5. The molecule has 132 valence electrons. The molecule has 1 aliphatic carbocycles. The lowest BCUT2D eigenvalue weighted by molar-refractivity contribution is -0.134. The first-order valence-electron chi connectivity index (χ1n) is 8.15. The van der Waals surface area contributed by atoms with Gasteiger partial charge in [0.1, 0.15) is 5.75 Å². The van der Waals surface area contributed by atoms with Gasteiger partial charge in [-0.25, -0.2) is 0 Å². The van der Waals surface area contributed by atoms with E-state index in [0.717, 1.165) is 29.7 Å². The molecule has 1 aliphatic rings. The van der Waals surface area contributed by atoms with Crippen LogP contribution in [-0.2, 0) is 4.79 Å². The second-order valence-corrected chi connectivity index (χ2v) is 6.74. The van der Waals surface area contributed by atoms with Gasteiger partial charge in [-0.2, -0.15) is 0 Å². The van der Waals surface area contributed by atoms with Crippen molar-refractivity contribution in [2.75, 3.05) is 5.88 Å². The first-order valence-corrected chi connectivity index (χ1v) is 9.07. The molecule has 0 amide bonds. The molecule has 0 N–H and O–H groups in total. The summed E-state index contributed by atoms with van der Waals surface area (Å²) in [6.45, 7) is 1.97. The molecule has 1 saturated carbocycles. The van der Waals surface area contributed by atoms with Crippen molar-refractivity contribution in [1.29, 1.82) is 0 Å². The van der Waals surface area contributed by atoms with Gasteiger partial charge in [-0.3, -0.25) is 4.79 Å². The summed E-state index contributed by atoms with van der Waals surface area (Å²) < 4.78 is 11.3. The van der Waals surface area contributed by atoms with Gasteiger partial charge in [-0.1, -0.05) is 29.8 Å². The zero-order chi connectivity index (χ0) is 17.8. The summed E-state index contributed by atoms with van der Waals surface area (Å²) in [7, 11) is 0. The molecule has 0 saturated heterocycles. The highest BCUT2D eigenvalue weighted by atomic mass is 35.5. The Morgan fingerprint density at radius 1 is 1.32 bits per heavy atom. The number of aromatic nitrogens is 2. The van der Waals surface area contributed by atoms with E-state index in [4.69, 9.17) is 32.7 Å². The minimum atomic E-state index is -0.415. The first kappa shape index (κ1) is 18.0. The van der Waals surface area contributed by atoms with Crippen molar-refractivity contribution in [3.05, 3.63) is 40.5 Å². The Hall–Kier alpha value is -1.85. The van der Waals surface area contributed by atoms with Crippen LogP contribution in [0, 0.1) is 6.92 Å². The number of esters is 1. The van der Waals surface area contributed by atoms with E-state index in [1.54, 1.807) is 0 Å². The fourth-order valence-electron chi connectivity index (χ4n) is 2.50. The maximum atomic E-state index is 11.9. The summed E-state index contributed by atoms with van der Waals surface area (Å²) in [6, 6.07) is 7.46. The number of halogens is 2. The van der Waals surface area contributed by atoms with Crippen LogP contribution in [0.3, 0.4) is 0 Å². The highest BCUT2D eigenvalue weighted by Crippen LogP contribution is 2.46. The summed E-state index contributed by atoms with van der Waals surface area (Å²) >= 11 is 11.5. The predicted octanol–water partition coefficient (Wildman–Crippen LogP) is 5.03. The molecule has 0 unspecified atom stereocenters. The molecule has 5 nitrogen and oxygen atoms in total. The highest BCUT2D eigenvalue weighted by molar-refractivity contribution is 6.29. The predicted molar refractivity (Wildman–Crippen MR) is 95.9 cm³/mol. The molecule has 7 heteroatoms. The van der Waals surface area contributed by atoms with Crippen LogP contribution in [0.2, 0.25) is 5.15 Å². The Morgan fingerprint density at radius 3 is 2.84 bits per heavy atom. The van der Waals surface area contributed by atoms with Gasteiger partial charge in [0.05, 0.1) is 0 Å². The highest BCUT2D eigenvalue weighted by Gasteiger charge is 2.28. The van der Waals surface area contributed by atoms with Crippen LogP contribution in [0.5, 0.6) is 17.4 Å². The maximum absolute atomic E-state index is 11.9. The third-order valence-electron chi connectivity index (χ3n) is 3.89. The third kappa shape index (κ3) is 4.61. The zero-order valence-corrected chi connectivity index (χ0v) is 15.3. The molecule has 0 bridgehead atoms. The molecule has 2 aromatic rings.